The van der Waals surface area contributed by atoms with Crippen molar-refractivity contribution in [2.24, 2.45) is 10.1 Å². The standard InChI is InChI=1S/C17H10FN5OS/c18-12-3-1-10(2-4-12)9-13-14(19)23-17(21-15(13)24)25-16(22-23)11-5-7-20-8-6-11/h1-9,19H/b13-9+,19-14?. The Balaban J connectivity index is 1.69. The van der Waals surface area contributed by atoms with Crippen molar-refractivity contribution < 1.29 is 9.18 Å². The number of amides is 1. The lowest BCUT2D eigenvalue weighted by molar-refractivity contribution is -0.114. The Morgan fingerprint density at radius 3 is 2.56 bits per heavy atom. The second-order valence-corrected chi connectivity index (χ2v) is 6.17. The van der Waals surface area contributed by atoms with Crippen molar-refractivity contribution in [1.82, 2.24) is 9.99 Å². The predicted molar refractivity (Wildman–Crippen MR) is 94.7 cm³/mol. The van der Waals surface area contributed by atoms with E-state index in [1.807, 2.05) is 0 Å². The number of fused-ring (bicyclic) bond motifs is 1. The molecule has 2 aliphatic heterocycles. The van der Waals surface area contributed by atoms with Crippen LogP contribution in [0.3, 0.4) is 0 Å². The molecule has 0 radical (unpaired) electrons. The molecule has 0 saturated heterocycles. The second-order valence-electron chi connectivity index (χ2n) is 5.21. The van der Waals surface area contributed by atoms with Gasteiger partial charge in [-0.2, -0.15) is 15.1 Å². The fourth-order valence-electron chi connectivity index (χ4n) is 2.33. The van der Waals surface area contributed by atoms with Crippen LogP contribution < -0.4 is 0 Å². The lowest BCUT2D eigenvalue weighted by atomic mass is 10.1. The molecular weight excluding hydrogens is 341 g/mol. The van der Waals surface area contributed by atoms with Gasteiger partial charge in [-0.05, 0) is 47.7 Å². The number of rotatable bonds is 2. The number of thioether (sulfide) groups is 1. The molecule has 6 nitrogen and oxygen atoms in total. The summed E-state index contributed by atoms with van der Waals surface area (Å²) in [7, 11) is 0. The lowest BCUT2D eigenvalue weighted by Crippen LogP contribution is -2.35. The predicted octanol–water partition coefficient (Wildman–Crippen LogP) is 2.89. The van der Waals surface area contributed by atoms with Crippen LogP contribution in [0.1, 0.15) is 11.1 Å². The van der Waals surface area contributed by atoms with Crippen LogP contribution in [-0.2, 0) is 4.79 Å². The van der Waals surface area contributed by atoms with Crippen molar-refractivity contribution in [2.75, 3.05) is 0 Å². The number of hydrogen-bond donors (Lipinski definition) is 1. The number of pyridine rings is 1. The number of hydrogen-bond acceptors (Lipinski definition) is 5. The van der Waals surface area contributed by atoms with Gasteiger partial charge in [0.2, 0.25) is 5.17 Å². The zero-order chi connectivity index (χ0) is 17.4. The first-order valence-corrected chi connectivity index (χ1v) is 8.10. The average molecular weight is 351 g/mol. The molecule has 8 heteroatoms. The van der Waals surface area contributed by atoms with Gasteiger partial charge in [0.15, 0.2) is 5.84 Å². The monoisotopic (exact) mass is 351 g/mol. The molecule has 2 aromatic rings. The molecule has 0 bridgehead atoms. The van der Waals surface area contributed by atoms with Crippen LogP contribution >= 0.6 is 11.8 Å². The number of hydrazone groups is 1. The highest BCUT2D eigenvalue weighted by atomic mass is 32.2. The van der Waals surface area contributed by atoms with Gasteiger partial charge >= 0.3 is 0 Å². The van der Waals surface area contributed by atoms with Gasteiger partial charge < -0.3 is 0 Å². The van der Waals surface area contributed by atoms with Crippen LogP contribution in [0.5, 0.6) is 0 Å². The quantitative estimate of drug-likeness (QED) is 0.844. The Morgan fingerprint density at radius 1 is 1.12 bits per heavy atom. The van der Waals surface area contributed by atoms with Crippen molar-refractivity contribution in [2.45, 2.75) is 0 Å². The molecule has 0 atom stereocenters. The second kappa shape index (κ2) is 6.06. The molecule has 1 aromatic carbocycles. The van der Waals surface area contributed by atoms with Crippen molar-refractivity contribution in [3.05, 3.63) is 71.3 Å². The Labute approximate surface area is 146 Å². The number of carbonyl (C=O) groups is 1. The molecule has 0 unspecified atom stereocenters. The highest BCUT2D eigenvalue weighted by Crippen LogP contribution is 2.30. The normalized spacial score (nSPS) is 18.3. The third kappa shape index (κ3) is 2.87. The highest BCUT2D eigenvalue weighted by Gasteiger charge is 2.35. The van der Waals surface area contributed by atoms with Crippen molar-refractivity contribution in [1.29, 1.82) is 5.41 Å². The van der Waals surface area contributed by atoms with Crippen molar-refractivity contribution in [3.8, 4) is 0 Å². The van der Waals surface area contributed by atoms with E-state index in [1.165, 1.54) is 47.1 Å². The molecule has 1 amide bonds. The summed E-state index contributed by atoms with van der Waals surface area (Å²) in [5, 5.41) is 15.0. The van der Waals surface area contributed by atoms with Gasteiger partial charge in [-0.25, -0.2) is 4.39 Å². The molecule has 122 valence electrons. The van der Waals surface area contributed by atoms with E-state index in [-0.39, 0.29) is 17.2 Å². The first-order chi connectivity index (χ1) is 12.1. The van der Waals surface area contributed by atoms with Crippen molar-refractivity contribution in [3.63, 3.8) is 0 Å². The smallest absolute Gasteiger partial charge is 0.282 e. The van der Waals surface area contributed by atoms with Crippen LogP contribution in [-0.4, -0.2) is 31.9 Å². The minimum Gasteiger partial charge on any atom is -0.282 e. The molecule has 4 rings (SSSR count). The Bertz CT molecular complexity index is 966. The molecule has 1 aromatic heterocycles. The number of halogens is 1. The van der Waals surface area contributed by atoms with Gasteiger partial charge in [0, 0.05) is 18.0 Å². The third-order valence-corrected chi connectivity index (χ3v) is 4.52. The minimum absolute atomic E-state index is 0.0594. The number of aromatic nitrogens is 1. The Hall–Kier alpha value is -3.13. The maximum absolute atomic E-state index is 13.0. The first-order valence-electron chi connectivity index (χ1n) is 7.28. The van der Waals surface area contributed by atoms with Gasteiger partial charge in [-0.15, -0.1) is 0 Å². The summed E-state index contributed by atoms with van der Waals surface area (Å²) in [6, 6.07) is 9.25. The van der Waals surface area contributed by atoms with Crippen LogP contribution in [0.2, 0.25) is 0 Å². The summed E-state index contributed by atoms with van der Waals surface area (Å²) >= 11 is 1.23. The third-order valence-electron chi connectivity index (χ3n) is 3.56. The van der Waals surface area contributed by atoms with Crippen LogP contribution in [0.25, 0.3) is 6.08 Å². The van der Waals surface area contributed by atoms with E-state index in [1.54, 1.807) is 24.5 Å². The zero-order valence-corrected chi connectivity index (χ0v) is 13.5. The van der Waals surface area contributed by atoms with Crippen molar-refractivity contribution >= 4 is 39.8 Å². The molecule has 1 N–H and O–H groups in total. The number of nitrogens with one attached hydrogen (secondary N) is 1. The van der Waals surface area contributed by atoms with Gasteiger partial charge in [-0.3, -0.25) is 15.2 Å². The van der Waals surface area contributed by atoms with Gasteiger partial charge in [0.05, 0.1) is 5.57 Å². The maximum atomic E-state index is 13.0. The van der Waals surface area contributed by atoms with Gasteiger partial charge in [-0.1, -0.05) is 12.1 Å². The minimum atomic E-state index is -0.515. The molecule has 3 heterocycles. The molecule has 2 aliphatic rings. The van der Waals surface area contributed by atoms with E-state index in [0.29, 0.717) is 15.8 Å². The highest BCUT2D eigenvalue weighted by molar-refractivity contribution is 8.27. The molecule has 25 heavy (non-hydrogen) atoms. The number of benzene rings is 1. The van der Waals surface area contributed by atoms with Crippen LogP contribution in [0, 0.1) is 11.2 Å². The average Bonchev–Trinajstić information content (AvgIpc) is 3.05. The van der Waals surface area contributed by atoms with Crippen LogP contribution in [0.4, 0.5) is 4.39 Å². The molecule has 0 spiro atoms. The van der Waals surface area contributed by atoms with Crippen LogP contribution in [0.15, 0.2) is 64.5 Å². The fraction of sp³-hybridized carbons (Fsp3) is 0. The Morgan fingerprint density at radius 2 is 1.84 bits per heavy atom. The van der Waals surface area contributed by atoms with Gasteiger partial charge in [0.1, 0.15) is 10.9 Å². The molecular formula is C17H10FN5OS. The van der Waals surface area contributed by atoms with E-state index in [0.717, 1.165) is 5.56 Å². The maximum Gasteiger partial charge on any atom is 0.283 e. The van der Waals surface area contributed by atoms with E-state index in [9.17, 15) is 9.18 Å². The summed E-state index contributed by atoms with van der Waals surface area (Å²) in [6.45, 7) is 0. The molecule has 0 saturated carbocycles. The van der Waals surface area contributed by atoms with E-state index in [4.69, 9.17) is 5.41 Å². The number of carbonyl (C=O) groups excluding carboxylic acids is 1. The summed E-state index contributed by atoms with van der Waals surface area (Å²) in [5.74, 6) is -0.940. The topological polar surface area (TPSA) is 81.8 Å². The van der Waals surface area contributed by atoms with Gasteiger partial charge in [0.25, 0.3) is 5.91 Å². The fourth-order valence-corrected chi connectivity index (χ4v) is 3.23. The zero-order valence-electron chi connectivity index (χ0n) is 12.7. The van der Waals surface area contributed by atoms with E-state index < -0.39 is 5.91 Å². The summed E-state index contributed by atoms with van der Waals surface area (Å²) < 4.78 is 13.0. The summed E-state index contributed by atoms with van der Waals surface area (Å²) in [5.41, 5.74) is 1.55. The summed E-state index contributed by atoms with van der Waals surface area (Å²) in [6.07, 6.45) is 4.80. The largest absolute Gasteiger partial charge is 0.283 e. The number of amidine groups is 2. The number of aliphatic imine (C=N–C) groups is 1. The Kier molecular flexibility index (Phi) is 3.73. The summed E-state index contributed by atoms with van der Waals surface area (Å²) in [4.78, 5) is 20.3. The SMILES string of the molecule is N=C1/C(=C\c2ccc(F)cc2)C(=O)N=C2SC(c3ccncc3)=NN12. The van der Waals surface area contributed by atoms with E-state index in [2.05, 4.69) is 15.1 Å². The first kappa shape index (κ1) is 15.4. The lowest BCUT2D eigenvalue weighted by Gasteiger charge is -2.20. The molecule has 0 aliphatic carbocycles. The van der Waals surface area contributed by atoms with E-state index >= 15 is 0 Å². The number of nitrogens with zero attached hydrogens (tertiary/aromatic N) is 4. The molecule has 0 fully saturated rings.